The zero-order chi connectivity index (χ0) is 17.4. The minimum Gasteiger partial charge on any atom is -0.287 e. The lowest BCUT2D eigenvalue weighted by Crippen LogP contribution is -2.23. The molecular formula is C18H20N4OS. The van der Waals surface area contributed by atoms with Gasteiger partial charge in [-0.25, -0.2) is 4.98 Å². The van der Waals surface area contributed by atoms with Crippen molar-refractivity contribution in [1.29, 1.82) is 10.5 Å². The van der Waals surface area contributed by atoms with Gasteiger partial charge in [0.1, 0.15) is 0 Å². The molecule has 0 unspecified atom stereocenters. The van der Waals surface area contributed by atoms with Crippen LogP contribution in [0, 0.1) is 28.6 Å². The standard InChI is InChI=1S/C18H20N4OS/c1-2-3-11-22-17(23)15-8-4-5-9-16(15)21-18(22)24-13-14(12-20)7-6-10-19/h4-5,8-9,14H,2-3,6-7,11,13H2,1H3/t14-/m1/s1. The van der Waals surface area contributed by atoms with Crippen LogP contribution in [-0.4, -0.2) is 15.3 Å². The number of aromatic nitrogens is 2. The summed E-state index contributed by atoms with van der Waals surface area (Å²) in [5.74, 6) is 0.326. The number of hydrogen-bond acceptors (Lipinski definition) is 5. The largest absolute Gasteiger partial charge is 0.287 e. The van der Waals surface area contributed by atoms with Crippen molar-refractivity contribution < 1.29 is 0 Å². The Morgan fingerprint density at radius 2 is 2.12 bits per heavy atom. The molecule has 2 aromatic rings. The maximum Gasteiger partial charge on any atom is 0.262 e. The fraction of sp³-hybridized carbons (Fsp3) is 0.444. The molecule has 1 heterocycles. The number of nitriles is 2. The zero-order valence-corrected chi connectivity index (χ0v) is 14.6. The van der Waals surface area contributed by atoms with Gasteiger partial charge in [0.15, 0.2) is 5.16 Å². The van der Waals surface area contributed by atoms with E-state index < -0.39 is 0 Å². The summed E-state index contributed by atoms with van der Waals surface area (Å²) in [4.78, 5) is 17.4. The van der Waals surface area contributed by atoms with E-state index in [2.05, 4.69) is 24.0 Å². The number of nitrogens with zero attached hydrogens (tertiary/aromatic N) is 4. The van der Waals surface area contributed by atoms with Crippen LogP contribution < -0.4 is 5.56 Å². The van der Waals surface area contributed by atoms with Crippen LogP contribution in [0.4, 0.5) is 0 Å². The molecule has 0 saturated heterocycles. The summed E-state index contributed by atoms with van der Waals surface area (Å²) in [6.07, 6.45) is 2.81. The Kier molecular flexibility index (Phi) is 6.84. The van der Waals surface area contributed by atoms with Crippen LogP contribution in [0.2, 0.25) is 0 Å². The van der Waals surface area contributed by atoms with Gasteiger partial charge in [0.25, 0.3) is 5.56 Å². The molecule has 0 bridgehead atoms. The number of rotatable bonds is 8. The Hall–Kier alpha value is -2.31. The Morgan fingerprint density at radius 1 is 1.33 bits per heavy atom. The number of para-hydroxylation sites is 1. The predicted octanol–water partition coefficient (Wildman–Crippen LogP) is 3.73. The zero-order valence-electron chi connectivity index (χ0n) is 13.7. The van der Waals surface area contributed by atoms with Crippen molar-refractivity contribution in [3.8, 4) is 12.1 Å². The molecule has 1 aromatic carbocycles. The van der Waals surface area contributed by atoms with Crippen LogP contribution >= 0.6 is 11.8 Å². The Bertz CT molecular complexity index is 831. The SMILES string of the molecule is CCCCn1c(SC[C@@H](C#N)CCC#N)nc2ccccc2c1=O. The lowest BCUT2D eigenvalue weighted by molar-refractivity contribution is 0.556. The van der Waals surface area contributed by atoms with Gasteiger partial charge in [-0.2, -0.15) is 10.5 Å². The maximum absolute atomic E-state index is 12.7. The van der Waals surface area contributed by atoms with Crippen LogP contribution in [-0.2, 0) is 6.54 Å². The van der Waals surface area contributed by atoms with Gasteiger partial charge in [0, 0.05) is 18.7 Å². The molecule has 5 nitrogen and oxygen atoms in total. The van der Waals surface area contributed by atoms with E-state index in [1.807, 2.05) is 18.2 Å². The van der Waals surface area contributed by atoms with Crippen LogP contribution in [0.5, 0.6) is 0 Å². The number of fused-ring (bicyclic) bond motifs is 1. The third kappa shape index (κ3) is 4.37. The second kappa shape index (κ2) is 9.10. The third-order valence-electron chi connectivity index (χ3n) is 3.76. The van der Waals surface area contributed by atoms with E-state index in [1.54, 1.807) is 10.6 Å². The van der Waals surface area contributed by atoms with E-state index in [1.165, 1.54) is 11.8 Å². The van der Waals surface area contributed by atoms with E-state index in [0.717, 1.165) is 12.8 Å². The lowest BCUT2D eigenvalue weighted by atomic mass is 10.1. The molecule has 0 N–H and O–H groups in total. The highest BCUT2D eigenvalue weighted by molar-refractivity contribution is 7.99. The van der Waals surface area contributed by atoms with Gasteiger partial charge in [-0.15, -0.1) is 0 Å². The summed E-state index contributed by atoms with van der Waals surface area (Å²) in [6.45, 7) is 2.71. The molecule has 0 amide bonds. The molecule has 0 aliphatic rings. The van der Waals surface area contributed by atoms with Crippen molar-refractivity contribution in [1.82, 2.24) is 9.55 Å². The van der Waals surface area contributed by atoms with E-state index in [9.17, 15) is 10.1 Å². The highest BCUT2D eigenvalue weighted by Crippen LogP contribution is 2.22. The van der Waals surface area contributed by atoms with Crippen molar-refractivity contribution in [2.45, 2.75) is 44.3 Å². The second-order valence-electron chi connectivity index (χ2n) is 5.56. The molecule has 1 atom stereocenters. The first kappa shape index (κ1) is 18.0. The lowest BCUT2D eigenvalue weighted by Gasteiger charge is -2.13. The minimum absolute atomic E-state index is 0.0258. The molecule has 1 aromatic heterocycles. The summed E-state index contributed by atoms with van der Waals surface area (Å²) in [7, 11) is 0. The van der Waals surface area contributed by atoms with E-state index in [0.29, 0.717) is 41.2 Å². The van der Waals surface area contributed by atoms with Crippen LogP contribution in [0.3, 0.4) is 0 Å². The number of benzene rings is 1. The van der Waals surface area contributed by atoms with Crippen molar-refractivity contribution in [2.75, 3.05) is 5.75 Å². The first-order valence-electron chi connectivity index (χ1n) is 8.10. The smallest absolute Gasteiger partial charge is 0.262 e. The molecular weight excluding hydrogens is 320 g/mol. The Balaban J connectivity index is 2.31. The van der Waals surface area contributed by atoms with Crippen LogP contribution in [0.25, 0.3) is 10.9 Å². The van der Waals surface area contributed by atoms with Crippen LogP contribution in [0.15, 0.2) is 34.2 Å². The monoisotopic (exact) mass is 340 g/mol. The van der Waals surface area contributed by atoms with Crippen molar-refractivity contribution in [2.24, 2.45) is 5.92 Å². The quantitative estimate of drug-likeness (QED) is 0.540. The molecule has 0 fully saturated rings. The molecule has 6 heteroatoms. The summed E-state index contributed by atoms with van der Waals surface area (Å²) in [5.41, 5.74) is 0.658. The molecule has 0 radical (unpaired) electrons. The molecule has 0 saturated carbocycles. The highest BCUT2D eigenvalue weighted by atomic mass is 32.2. The second-order valence-corrected chi connectivity index (χ2v) is 6.54. The molecule has 0 spiro atoms. The van der Waals surface area contributed by atoms with E-state index >= 15 is 0 Å². The highest BCUT2D eigenvalue weighted by Gasteiger charge is 2.14. The van der Waals surface area contributed by atoms with Gasteiger partial charge >= 0.3 is 0 Å². The minimum atomic E-state index is -0.211. The summed E-state index contributed by atoms with van der Waals surface area (Å²) < 4.78 is 1.72. The van der Waals surface area contributed by atoms with Gasteiger partial charge in [0.05, 0.1) is 29.0 Å². The van der Waals surface area contributed by atoms with Gasteiger partial charge in [-0.3, -0.25) is 9.36 Å². The Morgan fingerprint density at radius 3 is 2.83 bits per heavy atom. The number of hydrogen-bond donors (Lipinski definition) is 0. The predicted molar refractivity (Wildman–Crippen MR) is 95.6 cm³/mol. The molecule has 24 heavy (non-hydrogen) atoms. The van der Waals surface area contributed by atoms with E-state index in [-0.39, 0.29) is 11.5 Å². The first-order chi connectivity index (χ1) is 11.7. The number of unbranched alkanes of at least 4 members (excludes halogenated alkanes) is 1. The first-order valence-corrected chi connectivity index (χ1v) is 9.08. The average Bonchev–Trinajstić information content (AvgIpc) is 2.61. The fourth-order valence-corrected chi connectivity index (χ4v) is 3.45. The van der Waals surface area contributed by atoms with Gasteiger partial charge in [0.2, 0.25) is 0 Å². The van der Waals surface area contributed by atoms with Crippen LogP contribution in [0.1, 0.15) is 32.6 Å². The van der Waals surface area contributed by atoms with E-state index in [4.69, 9.17) is 5.26 Å². The van der Waals surface area contributed by atoms with Crippen molar-refractivity contribution in [3.63, 3.8) is 0 Å². The van der Waals surface area contributed by atoms with Crippen molar-refractivity contribution in [3.05, 3.63) is 34.6 Å². The molecule has 0 aliphatic heterocycles. The maximum atomic E-state index is 12.7. The Labute approximate surface area is 145 Å². The summed E-state index contributed by atoms with van der Waals surface area (Å²) in [5, 5.41) is 19.2. The third-order valence-corrected chi connectivity index (χ3v) is 4.90. The number of thioether (sulfide) groups is 1. The normalized spacial score (nSPS) is 11.8. The summed E-state index contributed by atoms with van der Waals surface area (Å²) in [6, 6.07) is 11.6. The van der Waals surface area contributed by atoms with Crippen molar-refractivity contribution >= 4 is 22.7 Å². The fourth-order valence-electron chi connectivity index (χ4n) is 2.37. The molecule has 124 valence electrons. The summed E-state index contributed by atoms with van der Waals surface area (Å²) >= 11 is 1.43. The van der Waals surface area contributed by atoms with Gasteiger partial charge < -0.3 is 0 Å². The molecule has 2 rings (SSSR count). The molecule has 0 aliphatic carbocycles. The topological polar surface area (TPSA) is 82.5 Å². The van der Waals surface area contributed by atoms with Gasteiger partial charge in [-0.05, 0) is 25.0 Å². The van der Waals surface area contributed by atoms with Gasteiger partial charge in [-0.1, -0.05) is 37.2 Å². The average molecular weight is 340 g/mol.